The molecule has 0 heterocycles. The third kappa shape index (κ3) is 8.24. The Labute approximate surface area is 176 Å². The summed E-state index contributed by atoms with van der Waals surface area (Å²) < 4.78 is 16.4. The van der Waals surface area contributed by atoms with Crippen LogP contribution in [0.1, 0.15) is 31.7 Å². The van der Waals surface area contributed by atoms with Crippen LogP contribution in [0.3, 0.4) is 0 Å². The zero-order valence-electron chi connectivity index (χ0n) is 18.4. The number of rotatable bonds is 14. The summed E-state index contributed by atoms with van der Waals surface area (Å²) in [6.45, 7) is 5.98. The van der Waals surface area contributed by atoms with Gasteiger partial charge in [0.15, 0.2) is 11.5 Å². The SMILES string of the molecule is CCCCOc1ccc(NCCCN(C)CCc2ccc(OC)c(OC)c2)cc1. The largest absolute Gasteiger partial charge is 0.494 e. The Morgan fingerprint density at radius 1 is 0.897 bits per heavy atom. The van der Waals surface area contributed by atoms with Gasteiger partial charge < -0.3 is 24.4 Å². The number of hydrogen-bond donors (Lipinski definition) is 1. The summed E-state index contributed by atoms with van der Waals surface area (Å²) in [6, 6.07) is 14.4. The van der Waals surface area contributed by atoms with Crippen LogP contribution >= 0.6 is 0 Å². The fourth-order valence-corrected chi connectivity index (χ4v) is 3.05. The van der Waals surface area contributed by atoms with E-state index in [1.54, 1.807) is 14.2 Å². The predicted molar refractivity (Wildman–Crippen MR) is 121 cm³/mol. The van der Waals surface area contributed by atoms with Crippen LogP contribution in [-0.4, -0.2) is 52.4 Å². The van der Waals surface area contributed by atoms with Gasteiger partial charge in [0.1, 0.15) is 5.75 Å². The second-order valence-electron chi connectivity index (χ2n) is 7.25. The number of ether oxygens (including phenoxy) is 3. The smallest absolute Gasteiger partial charge is 0.160 e. The van der Waals surface area contributed by atoms with Crippen molar-refractivity contribution in [2.24, 2.45) is 0 Å². The summed E-state index contributed by atoms with van der Waals surface area (Å²) in [4.78, 5) is 2.36. The topological polar surface area (TPSA) is 43.0 Å². The van der Waals surface area contributed by atoms with Gasteiger partial charge in [-0.15, -0.1) is 0 Å². The van der Waals surface area contributed by atoms with Crippen molar-refractivity contribution in [1.82, 2.24) is 4.90 Å². The molecule has 2 rings (SSSR count). The molecule has 29 heavy (non-hydrogen) atoms. The van der Waals surface area contributed by atoms with Gasteiger partial charge >= 0.3 is 0 Å². The molecule has 2 aromatic carbocycles. The first-order valence-electron chi connectivity index (χ1n) is 10.5. The Balaban J connectivity index is 1.64. The van der Waals surface area contributed by atoms with Crippen LogP contribution in [0, 0.1) is 0 Å². The highest BCUT2D eigenvalue weighted by molar-refractivity contribution is 5.46. The lowest BCUT2D eigenvalue weighted by molar-refractivity contribution is 0.309. The van der Waals surface area contributed by atoms with Gasteiger partial charge in [0.05, 0.1) is 20.8 Å². The molecule has 0 fully saturated rings. The standard InChI is InChI=1S/C24H36N2O3/c1-5-6-18-29-22-11-9-21(10-12-22)25-15-7-16-26(2)17-14-20-8-13-23(27-3)24(19-20)28-4/h8-13,19,25H,5-7,14-18H2,1-4H3. The lowest BCUT2D eigenvalue weighted by atomic mass is 10.1. The number of benzene rings is 2. The maximum atomic E-state index is 5.70. The van der Waals surface area contributed by atoms with Crippen molar-refractivity contribution in [3.63, 3.8) is 0 Å². The molecule has 0 spiro atoms. The number of nitrogens with one attached hydrogen (secondary N) is 1. The molecule has 2 aromatic rings. The van der Waals surface area contributed by atoms with Crippen LogP contribution in [0.5, 0.6) is 17.2 Å². The Morgan fingerprint density at radius 2 is 1.66 bits per heavy atom. The van der Waals surface area contributed by atoms with E-state index < -0.39 is 0 Å². The summed E-state index contributed by atoms with van der Waals surface area (Å²) in [5.74, 6) is 2.51. The Hall–Kier alpha value is -2.40. The molecule has 0 aliphatic heterocycles. The number of anilines is 1. The van der Waals surface area contributed by atoms with Gasteiger partial charge in [-0.25, -0.2) is 0 Å². The minimum absolute atomic E-state index is 0.774. The molecule has 0 radical (unpaired) electrons. The van der Waals surface area contributed by atoms with E-state index in [9.17, 15) is 0 Å². The highest BCUT2D eigenvalue weighted by Gasteiger charge is 2.06. The highest BCUT2D eigenvalue weighted by Crippen LogP contribution is 2.27. The van der Waals surface area contributed by atoms with Gasteiger partial charge in [-0.1, -0.05) is 19.4 Å². The lowest BCUT2D eigenvalue weighted by Gasteiger charge is -2.17. The number of methoxy groups -OCH3 is 2. The van der Waals surface area contributed by atoms with Crippen LogP contribution < -0.4 is 19.5 Å². The summed E-state index contributed by atoms with van der Waals surface area (Å²) in [6.07, 6.45) is 4.34. The molecule has 1 N–H and O–H groups in total. The maximum absolute atomic E-state index is 5.70. The van der Waals surface area contributed by atoms with Gasteiger partial charge in [0.2, 0.25) is 0 Å². The van der Waals surface area contributed by atoms with Gasteiger partial charge in [0, 0.05) is 18.8 Å². The highest BCUT2D eigenvalue weighted by atomic mass is 16.5. The summed E-state index contributed by atoms with van der Waals surface area (Å²) in [7, 11) is 5.51. The molecule has 5 heteroatoms. The average Bonchev–Trinajstić information content (AvgIpc) is 2.76. The lowest BCUT2D eigenvalue weighted by Crippen LogP contribution is -2.24. The first-order valence-corrected chi connectivity index (χ1v) is 10.5. The van der Waals surface area contributed by atoms with E-state index in [1.165, 1.54) is 5.56 Å². The molecule has 0 saturated carbocycles. The van der Waals surface area contributed by atoms with Crippen molar-refractivity contribution in [2.45, 2.75) is 32.6 Å². The molecule has 0 bridgehead atoms. The fourth-order valence-electron chi connectivity index (χ4n) is 3.05. The number of unbranched alkanes of at least 4 members (excludes halogenated alkanes) is 1. The van der Waals surface area contributed by atoms with E-state index in [1.807, 2.05) is 18.2 Å². The van der Waals surface area contributed by atoms with E-state index in [4.69, 9.17) is 14.2 Å². The number of likely N-dealkylation sites (N-methyl/N-ethyl adjacent to an activating group) is 1. The van der Waals surface area contributed by atoms with E-state index in [-0.39, 0.29) is 0 Å². The van der Waals surface area contributed by atoms with Gasteiger partial charge in [-0.3, -0.25) is 0 Å². The average molecular weight is 401 g/mol. The monoisotopic (exact) mass is 400 g/mol. The summed E-state index contributed by atoms with van der Waals surface area (Å²) in [5.41, 5.74) is 2.40. The molecule has 0 aromatic heterocycles. The Morgan fingerprint density at radius 3 is 2.34 bits per heavy atom. The fraction of sp³-hybridized carbons (Fsp3) is 0.500. The van der Waals surface area contributed by atoms with Crippen LogP contribution in [0.15, 0.2) is 42.5 Å². The van der Waals surface area contributed by atoms with Crippen molar-refractivity contribution in [2.75, 3.05) is 52.8 Å². The quantitative estimate of drug-likeness (QED) is 0.459. The van der Waals surface area contributed by atoms with E-state index >= 15 is 0 Å². The van der Waals surface area contributed by atoms with Crippen molar-refractivity contribution in [3.8, 4) is 17.2 Å². The Bertz CT molecular complexity index is 704. The van der Waals surface area contributed by atoms with Crippen LogP contribution in [0.4, 0.5) is 5.69 Å². The molecule has 0 aliphatic rings. The van der Waals surface area contributed by atoms with E-state index in [0.717, 1.165) is 74.9 Å². The molecule has 0 amide bonds. The predicted octanol–water partition coefficient (Wildman–Crippen LogP) is 4.86. The molecule has 0 saturated heterocycles. The normalized spacial score (nSPS) is 10.8. The summed E-state index contributed by atoms with van der Waals surface area (Å²) in [5, 5.41) is 3.48. The first kappa shape index (κ1) is 22.9. The van der Waals surface area contributed by atoms with Crippen LogP contribution in [0.25, 0.3) is 0 Å². The third-order valence-corrected chi connectivity index (χ3v) is 4.90. The summed E-state index contributed by atoms with van der Waals surface area (Å²) >= 11 is 0. The number of nitrogens with zero attached hydrogens (tertiary/aromatic N) is 1. The maximum Gasteiger partial charge on any atom is 0.160 e. The second kappa shape index (κ2) is 12.9. The third-order valence-electron chi connectivity index (χ3n) is 4.90. The molecule has 0 aliphatic carbocycles. The zero-order chi connectivity index (χ0) is 20.9. The van der Waals surface area contributed by atoms with Crippen molar-refractivity contribution >= 4 is 5.69 Å². The van der Waals surface area contributed by atoms with Gasteiger partial charge in [0.25, 0.3) is 0 Å². The minimum atomic E-state index is 0.774. The van der Waals surface area contributed by atoms with Gasteiger partial charge in [-0.05, 0) is 74.8 Å². The van der Waals surface area contributed by atoms with E-state index in [2.05, 4.69) is 48.5 Å². The molecule has 160 valence electrons. The van der Waals surface area contributed by atoms with Crippen molar-refractivity contribution in [1.29, 1.82) is 0 Å². The van der Waals surface area contributed by atoms with Crippen molar-refractivity contribution < 1.29 is 14.2 Å². The number of hydrogen-bond acceptors (Lipinski definition) is 5. The molecule has 0 unspecified atom stereocenters. The Kier molecular flexibility index (Phi) is 10.2. The zero-order valence-corrected chi connectivity index (χ0v) is 18.4. The molecule has 0 atom stereocenters. The van der Waals surface area contributed by atoms with Crippen molar-refractivity contribution in [3.05, 3.63) is 48.0 Å². The minimum Gasteiger partial charge on any atom is -0.494 e. The van der Waals surface area contributed by atoms with E-state index in [0.29, 0.717) is 0 Å². The second-order valence-corrected chi connectivity index (χ2v) is 7.25. The molecular weight excluding hydrogens is 364 g/mol. The van der Waals surface area contributed by atoms with Crippen LogP contribution in [-0.2, 0) is 6.42 Å². The molecule has 5 nitrogen and oxygen atoms in total. The first-order chi connectivity index (χ1) is 14.2. The molecular formula is C24H36N2O3. The van der Waals surface area contributed by atoms with Gasteiger partial charge in [-0.2, -0.15) is 0 Å². The van der Waals surface area contributed by atoms with Crippen LogP contribution in [0.2, 0.25) is 0 Å².